The van der Waals surface area contributed by atoms with Crippen LogP contribution >= 0.6 is 12.4 Å². The SMILES string of the molecule is CCN[C@H](C)CNS(=O)(=O)c1ccc(S(C)(=O)=O)c(F)c1.Cl. The zero-order valence-corrected chi connectivity index (χ0v) is 14.9. The van der Waals surface area contributed by atoms with E-state index in [4.69, 9.17) is 0 Å². The van der Waals surface area contributed by atoms with Crippen molar-refractivity contribution in [1.29, 1.82) is 0 Å². The number of rotatable bonds is 7. The monoisotopic (exact) mass is 374 g/mol. The van der Waals surface area contributed by atoms with Crippen molar-refractivity contribution in [3.8, 4) is 0 Å². The van der Waals surface area contributed by atoms with Gasteiger partial charge in [-0.15, -0.1) is 12.4 Å². The Morgan fingerprint density at radius 2 is 1.82 bits per heavy atom. The van der Waals surface area contributed by atoms with E-state index in [0.717, 1.165) is 18.4 Å². The van der Waals surface area contributed by atoms with Crippen LogP contribution in [-0.4, -0.2) is 42.2 Å². The molecular formula is C12H20ClFN2O4S2. The standard InChI is InChI=1S/C12H19FN2O4S2.ClH/c1-4-14-9(2)8-15-21(18,19)10-5-6-12(11(13)7-10)20(3,16)17;/h5-7,9,14-15H,4,8H2,1-3H3;1H/t9-;/m1./s1. The van der Waals surface area contributed by atoms with Crippen LogP contribution in [0, 0.1) is 5.82 Å². The molecule has 2 N–H and O–H groups in total. The van der Waals surface area contributed by atoms with Crippen molar-refractivity contribution in [1.82, 2.24) is 10.0 Å². The average molecular weight is 375 g/mol. The second-order valence-electron chi connectivity index (χ2n) is 4.68. The van der Waals surface area contributed by atoms with Crippen LogP contribution in [0.1, 0.15) is 13.8 Å². The molecule has 0 saturated carbocycles. The van der Waals surface area contributed by atoms with Crippen LogP contribution in [0.5, 0.6) is 0 Å². The first kappa shape index (κ1) is 21.3. The van der Waals surface area contributed by atoms with Gasteiger partial charge in [0.25, 0.3) is 0 Å². The Bertz CT molecular complexity index is 708. The van der Waals surface area contributed by atoms with Crippen molar-refractivity contribution in [3.05, 3.63) is 24.0 Å². The van der Waals surface area contributed by atoms with E-state index < -0.39 is 30.6 Å². The molecule has 6 nitrogen and oxygen atoms in total. The molecule has 0 unspecified atom stereocenters. The summed E-state index contributed by atoms with van der Waals surface area (Å²) < 4.78 is 62.6. The molecule has 128 valence electrons. The molecule has 22 heavy (non-hydrogen) atoms. The van der Waals surface area contributed by atoms with Crippen LogP contribution in [0.2, 0.25) is 0 Å². The van der Waals surface area contributed by atoms with Gasteiger partial charge in [0.15, 0.2) is 9.84 Å². The predicted octanol–water partition coefficient (Wildman–Crippen LogP) is 0.927. The quantitative estimate of drug-likeness (QED) is 0.740. The van der Waals surface area contributed by atoms with E-state index >= 15 is 0 Å². The second-order valence-corrected chi connectivity index (χ2v) is 8.43. The van der Waals surface area contributed by atoms with Crippen LogP contribution in [0.3, 0.4) is 0 Å². The zero-order chi connectivity index (χ0) is 16.3. The number of hydrogen-bond acceptors (Lipinski definition) is 5. The highest BCUT2D eigenvalue weighted by Gasteiger charge is 2.20. The molecule has 0 bridgehead atoms. The zero-order valence-electron chi connectivity index (χ0n) is 12.5. The van der Waals surface area contributed by atoms with Gasteiger partial charge in [0, 0.05) is 18.8 Å². The number of sulfonamides is 1. The molecule has 1 aromatic rings. The molecule has 1 rings (SSSR count). The number of sulfone groups is 1. The summed E-state index contributed by atoms with van der Waals surface area (Å²) in [5, 5.41) is 3.03. The number of likely N-dealkylation sites (N-methyl/N-ethyl adjacent to an activating group) is 1. The van der Waals surface area contributed by atoms with E-state index in [2.05, 4.69) is 10.0 Å². The van der Waals surface area contributed by atoms with Crippen LogP contribution in [0.15, 0.2) is 28.0 Å². The molecule has 0 saturated heterocycles. The normalized spacial score (nSPS) is 13.5. The van der Waals surface area contributed by atoms with Gasteiger partial charge in [0.05, 0.1) is 4.90 Å². The highest BCUT2D eigenvalue weighted by Crippen LogP contribution is 2.18. The lowest BCUT2D eigenvalue weighted by atomic mass is 10.3. The summed E-state index contributed by atoms with van der Waals surface area (Å²) in [5.41, 5.74) is 0. The largest absolute Gasteiger partial charge is 0.313 e. The lowest BCUT2D eigenvalue weighted by molar-refractivity contribution is 0.534. The van der Waals surface area contributed by atoms with Gasteiger partial charge >= 0.3 is 0 Å². The Kier molecular flexibility index (Phi) is 7.93. The molecule has 10 heteroatoms. The number of hydrogen-bond donors (Lipinski definition) is 2. The van der Waals surface area contributed by atoms with E-state index in [-0.39, 0.29) is 29.9 Å². The van der Waals surface area contributed by atoms with Gasteiger partial charge in [-0.25, -0.2) is 25.9 Å². The van der Waals surface area contributed by atoms with Crippen molar-refractivity contribution < 1.29 is 21.2 Å². The number of halogens is 2. The summed E-state index contributed by atoms with van der Waals surface area (Å²) in [6, 6.07) is 2.65. The summed E-state index contributed by atoms with van der Waals surface area (Å²) in [6.45, 7) is 4.54. The fourth-order valence-corrected chi connectivity index (χ4v) is 3.56. The van der Waals surface area contributed by atoms with Crippen molar-refractivity contribution in [2.75, 3.05) is 19.3 Å². The second kappa shape index (κ2) is 8.21. The summed E-state index contributed by atoms with van der Waals surface area (Å²) in [6.07, 6.45) is 0.857. The van der Waals surface area contributed by atoms with E-state index in [1.54, 1.807) is 6.92 Å². The molecule has 0 aliphatic rings. The molecule has 0 fully saturated rings. The van der Waals surface area contributed by atoms with Crippen LogP contribution in [0.4, 0.5) is 4.39 Å². The molecule has 0 heterocycles. The summed E-state index contributed by atoms with van der Waals surface area (Å²) in [5.74, 6) is -1.08. The maximum absolute atomic E-state index is 13.7. The Morgan fingerprint density at radius 1 is 1.23 bits per heavy atom. The molecular weight excluding hydrogens is 355 g/mol. The molecule has 0 amide bonds. The minimum absolute atomic E-state index is 0. The Labute approximate surface area is 136 Å². The highest BCUT2D eigenvalue weighted by atomic mass is 35.5. The van der Waals surface area contributed by atoms with Crippen LogP contribution in [-0.2, 0) is 19.9 Å². The summed E-state index contributed by atoms with van der Waals surface area (Å²) in [4.78, 5) is -0.835. The Morgan fingerprint density at radius 3 is 2.27 bits per heavy atom. The first-order valence-corrected chi connectivity index (χ1v) is 9.68. The Balaban J connectivity index is 0.00000441. The van der Waals surface area contributed by atoms with Gasteiger partial charge in [0.2, 0.25) is 10.0 Å². The van der Waals surface area contributed by atoms with Gasteiger partial charge in [-0.05, 0) is 31.7 Å². The minimum Gasteiger partial charge on any atom is -0.313 e. The lowest BCUT2D eigenvalue weighted by Gasteiger charge is -2.13. The van der Waals surface area contributed by atoms with E-state index in [9.17, 15) is 21.2 Å². The molecule has 0 aromatic heterocycles. The smallest absolute Gasteiger partial charge is 0.240 e. The van der Waals surface area contributed by atoms with Gasteiger partial charge in [-0.3, -0.25) is 0 Å². The van der Waals surface area contributed by atoms with Crippen LogP contribution in [0.25, 0.3) is 0 Å². The molecule has 0 aliphatic heterocycles. The maximum atomic E-state index is 13.7. The lowest BCUT2D eigenvalue weighted by Crippen LogP contribution is -2.38. The van der Waals surface area contributed by atoms with Crippen molar-refractivity contribution in [3.63, 3.8) is 0 Å². The van der Waals surface area contributed by atoms with Crippen molar-refractivity contribution >= 4 is 32.3 Å². The van der Waals surface area contributed by atoms with E-state index in [1.807, 2.05) is 6.92 Å². The topological polar surface area (TPSA) is 92.3 Å². The van der Waals surface area contributed by atoms with Gasteiger partial charge in [0.1, 0.15) is 10.7 Å². The highest BCUT2D eigenvalue weighted by molar-refractivity contribution is 7.90. The Hall–Kier alpha value is -0.740. The molecule has 1 atom stereocenters. The van der Waals surface area contributed by atoms with Crippen molar-refractivity contribution in [2.45, 2.75) is 29.7 Å². The molecule has 1 aromatic carbocycles. The van der Waals surface area contributed by atoms with E-state index in [0.29, 0.717) is 12.6 Å². The third-order valence-corrected chi connectivity index (χ3v) is 5.30. The van der Waals surface area contributed by atoms with Gasteiger partial charge in [-0.2, -0.15) is 0 Å². The first-order chi connectivity index (χ1) is 9.58. The molecule has 0 radical (unpaired) electrons. The molecule has 0 spiro atoms. The van der Waals surface area contributed by atoms with Gasteiger partial charge in [-0.1, -0.05) is 6.92 Å². The van der Waals surface area contributed by atoms with Crippen molar-refractivity contribution in [2.24, 2.45) is 0 Å². The first-order valence-electron chi connectivity index (χ1n) is 6.30. The third-order valence-electron chi connectivity index (χ3n) is 2.75. The maximum Gasteiger partial charge on any atom is 0.240 e. The fraction of sp³-hybridized carbons (Fsp3) is 0.500. The molecule has 0 aliphatic carbocycles. The third kappa shape index (κ3) is 5.81. The van der Waals surface area contributed by atoms with E-state index in [1.165, 1.54) is 0 Å². The minimum atomic E-state index is -3.88. The fourth-order valence-electron chi connectivity index (χ4n) is 1.69. The average Bonchev–Trinajstić information content (AvgIpc) is 2.35. The summed E-state index contributed by atoms with van der Waals surface area (Å²) in [7, 11) is -7.61. The number of nitrogens with one attached hydrogen (secondary N) is 2. The number of benzene rings is 1. The predicted molar refractivity (Wildman–Crippen MR) is 85.1 cm³/mol. The van der Waals surface area contributed by atoms with Crippen LogP contribution < -0.4 is 10.0 Å². The van der Waals surface area contributed by atoms with Gasteiger partial charge < -0.3 is 5.32 Å². The summed E-state index contributed by atoms with van der Waals surface area (Å²) >= 11 is 0.